The fourth-order valence-electron chi connectivity index (χ4n) is 7.03. The van der Waals surface area contributed by atoms with Gasteiger partial charge in [0.15, 0.2) is 0 Å². The predicted octanol–water partition coefficient (Wildman–Crippen LogP) is 9.11. The zero-order valence-corrected chi connectivity index (χ0v) is 27.1. The SMILES string of the molecule is CC(NC(=O)c1cc2cc3c(-c4ccncc4)nn(CC(c4ccccc4)(c4ccccc4)c4ccccc4)c3cc2[nH]1)c1ccccc1. The Hall–Kier alpha value is -6.27. The minimum atomic E-state index is -0.554. The van der Waals surface area contributed by atoms with Crippen LogP contribution in [-0.4, -0.2) is 25.7 Å². The number of benzene rings is 5. The van der Waals surface area contributed by atoms with Gasteiger partial charge in [-0.25, -0.2) is 0 Å². The second-order valence-electron chi connectivity index (χ2n) is 12.5. The average Bonchev–Trinajstić information content (AvgIpc) is 3.75. The molecular weight excluding hydrogens is 603 g/mol. The summed E-state index contributed by atoms with van der Waals surface area (Å²) in [5, 5.41) is 10.4. The lowest BCUT2D eigenvalue weighted by molar-refractivity contribution is 0.0935. The molecule has 0 saturated heterocycles. The number of rotatable bonds is 9. The lowest BCUT2D eigenvalue weighted by Gasteiger charge is -2.36. The van der Waals surface area contributed by atoms with Gasteiger partial charge in [-0.05, 0) is 59.5 Å². The first-order valence-corrected chi connectivity index (χ1v) is 16.6. The molecule has 0 fully saturated rings. The molecule has 3 heterocycles. The van der Waals surface area contributed by atoms with Crippen molar-refractivity contribution in [3.8, 4) is 11.3 Å². The van der Waals surface area contributed by atoms with Crippen LogP contribution in [0, 0.1) is 0 Å². The lowest BCUT2D eigenvalue weighted by atomic mass is 9.69. The van der Waals surface area contributed by atoms with Crippen molar-refractivity contribution in [1.82, 2.24) is 25.1 Å². The minimum absolute atomic E-state index is 0.131. The molecule has 1 unspecified atom stereocenters. The van der Waals surface area contributed by atoms with Gasteiger partial charge in [0.2, 0.25) is 0 Å². The topological polar surface area (TPSA) is 75.6 Å². The van der Waals surface area contributed by atoms with Gasteiger partial charge in [0.25, 0.3) is 5.91 Å². The smallest absolute Gasteiger partial charge is 0.268 e. The second-order valence-corrected chi connectivity index (χ2v) is 12.5. The van der Waals surface area contributed by atoms with E-state index in [1.165, 1.54) is 16.7 Å². The van der Waals surface area contributed by atoms with Crippen LogP contribution in [0.5, 0.6) is 0 Å². The van der Waals surface area contributed by atoms with E-state index in [1.54, 1.807) is 12.4 Å². The highest BCUT2D eigenvalue weighted by Gasteiger charge is 2.38. The Morgan fingerprint density at radius 3 is 1.86 bits per heavy atom. The highest BCUT2D eigenvalue weighted by molar-refractivity contribution is 6.05. The number of pyridine rings is 1. The van der Waals surface area contributed by atoms with Crippen molar-refractivity contribution in [3.63, 3.8) is 0 Å². The molecule has 5 aromatic carbocycles. The molecular formula is C43H35N5O. The Bertz CT molecular complexity index is 2250. The fraction of sp³-hybridized carbons (Fsp3) is 0.0930. The minimum Gasteiger partial charge on any atom is -0.350 e. The van der Waals surface area contributed by atoms with Crippen LogP contribution in [0.1, 0.15) is 45.7 Å². The standard InChI is InChI=1S/C43H35N5O/c1-30(31-14-6-2-7-15-31)45-42(49)39-27-33-26-37-40(28-38(33)46-39)48(47-41(37)32-22-24-44-25-23-32)29-43(34-16-8-3-9-17-34,35-18-10-4-11-19-35)36-20-12-5-13-21-36/h2-28,30,46H,29H2,1H3,(H,45,49). The van der Waals surface area contributed by atoms with E-state index in [0.717, 1.165) is 38.6 Å². The number of aromatic nitrogens is 4. The molecule has 0 aliphatic carbocycles. The molecule has 6 heteroatoms. The Labute approximate surface area is 285 Å². The molecule has 8 rings (SSSR count). The summed E-state index contributed by atoms with van der Waals surface area (Å²) >= 11 is 0. The summed E-state index contributed by atoms with van der Waals surface area (Å²) < 4.78 is 2.13. The molecule has 0 aliphatic rings. The van der Waals surface area contributed by atoms with E-state index in [-0.39, 0.29) is 11.9 Å². The maximum atomic E-state index is 13.5. The van der Waals surface area contributed by atoms with E-state index in [1.807, 2.05) is 55.5 Å². The van der Waals surface area contributed by atoms with Gasteiger partial charge in [-0.1, -0.05) is 121 Å². The van der Waals surface area contributed by atoms with Crippen molar-refractivity contribution in [2.75, 3.05) is 0 Å². The summed E-state index contributed by atoms with van der Waals surface area (Å²) in [4.78, 5) is 21.2. The summed E-state index contributed by atoms with van der Waals surface area (Å²) in [7, 11) is 0. The number of amides is 1. The zero-order chi connectivity index (χ0) is 33.2. The first-order chi connectivity index (χ1) is 24.1. The lowest BCUT2D eigenvalue weighted by Crippen LogP contribution is -2.35. The van der Waals surface area contributed by atoms with Crippen molar-refractivity contribution < 1.29 is 4.79 Å². The molecule has 0 spiro atoms. The third kappa shape index (κ3) is 5.57. The van der Waals surface area contributed by atoms with Gasteiger partial charge in [-0.2, -0.15) is 5.10 Å². The Morgan fingerprint density at radius 1 is 0.735 bits per heavy atom. The van der Waals surface area contributed by atoms with Gasteiger partial charge in [-0.3, -0.25) is 14.5 Å². The number of H-pyrrole nitrogens is 1. The largest absolute Gasteiger partial charge is 0.350 e. The molecule has 2 N–H and O–H groups in total. The number of carbonyl (C=O) groups excluding carboxylic acids is 1. The van der Waals surface area contributed by atoms with Crippen LogP contribution in [0.2, 0.25) is 0 Å². The van der Waals surface area contributed by atoms with Gasteiger partial charge in [-0.15, -0.1) is 0 Å². The van der Waals surface area contributed by atoms with Crippen LogP contribution in [0.15, 0.2) is 164 Å². The number of aromatic amines is 1. The third-order valence-corrected chi connectivity index (χ3v) is 9.52. The summed E-state index contributed by atoms with van der Waals surface area (Å²) in [6.07, 6.45) is 3.60. The molecule has 1 amide bonds. The molecule has 49 heavy (non-hydrogen) atoms. The molecule has 0 bridgehead atoms. The number of hydrogen-bond donors (Lipinski definition) is 2. The highest BCUT2D eigenvalue weighted by atomic mass is 16.1. The fourth-order valence-corrected chi connectivity index (χ4v) is 7.03. The molecule has 238 valence electrons. The predicted molar refractivity (Wildman–Crippen MR) is 196 cm³/mol. The quantitative estimate of drug-likeness (QED) is 0.155. The van der Waals surface area contributed by atoms with Crippen molar-refractivity contribution in [2.45, 2.75) is 24.9 Å². The molecule has 1 atom stereocenters. The van der Waals surface area contributed by atoms with Gasteiger partial charge < -0.3 is 10.3 Å². The van der Waals surface area contributed by atoms with Crippen LogP contribution in [0.25, 0.3) is 33.1 Å². The number of hydrogen-bond acceptors (Lipinski definition) is 3. The second kappa shape index (κ2) is 12.7. The van der Waals surface area contributed by atoms with Crippen molar-refractivity contribution in [3.05, 3.63) is 192 Å². The van der Waals surface area contributed by atoms with Crippen LogP contribution in [0.3, 0.4) is 0 Å². The number of nitrogens with one attached hydrogen (secondary N) is 2. The van der Waals surface area contributed by atoms with E-state index in [4.69, 9.17) is 5.10 Å². The maximum Gasteiger partial charge on any atom is 0.268 e. The number of carbonyl (C=O) groups is 1. The molecule has 8 aromatic rings. The summed E-state index contributed by atoms with van der Waals surface area (Å²) in [6.45, 7) is 2.54. The molecule has 0 radical (unpaired) electrons. The van der Waals surface area contributed by atoms with Gasteiger partial charge in [0.1, 0.15) is 11.4 Å². The number of fused-ring (bicyclic) bond motifs is 2. The average molecular weight is 638 g/mol. The van der Waals surface area contributed by atoms with Crippen LogP contribution in [0.4, 0.5) is 0 Å². The van der Waals surface area contributed by atoms with Crippen LogP contribution >= 0.6 is 0 Å². The molecule has 3 aromatic heterocycles. The van der Waals surface area contributed by atoms with E-state index in [0.29, 0.717) is 12.2 Å². The third-order valence-electron chi connectivity index (χ3n) is 9.52. The van der Waals surface area contributed by atoms with E-state index < -0.39 is 5.41 Å². The van der Waals surface area contributed by atoms with E-state index in [9.17, 15) is 4.79 Å². The van der Waals surface area contributed by atoms with Gasteiger partial charge in [0, 0.05) is 34.2 Å². The van der Waals surface area contributed by atoms with Crippen LogP contribution in [-0.2, 0) is 12.0 Å². The van der Waals surface area contributed by atoms with Crippen molar-refractivity contribution >= 4 is 27.7 Å². The maximum absolute atomic E-state index is 13.5. The Kier molecular flexibility index (Phi) is 7.82. The van der Waals surface area contributed by atoms with E-state index >= 15 is 0 Å². The Balaban J connectivity index is 1.30. The first kappa shape index (κ1) is 30.1. The van der Waals surface area contributed by atoms with Gasteiger partial charge in [0.05, 0.1) is 23.5 Å². The molecule has 0 aliphatic heterocycles. The summed E-state index contributed by atoms with van der Waals surface area (Å²) in [5.41, 5.74) is 8.23. The van der Waals surface area contributed by atoms with Crippen molar-refractivity contribution in [2.24, 2.45) is 0 Å². The first-order valence-electron chi connectivity index (χ1n) is 16.6. The van der Waals surface area contributed by atoms with Gasteiger partial charge >= 0.3 is 0 Å². The van der Waals surface area contributed by atoms with Crippen molar-refractivity contribution in [1.29, 1.82) is 0 Å². The highest BCUT2D eigenvalue weighted by Crippen LogP contribution is 2.42. The Morgan fingerprint density at radius 2 is 1.29 bits per heavy atom. The van der Waals surface area contributed by atoms with Crippen LogP contribution < -0.4 is 5.32 Å². The summed E-state index contributed by atoms with van der Waals surface area (Å²) in [5.74, 6) is -0.149. The summed E-state index contributed by atoms with van der Waals surface area (Å²) in [6, 6.07) is 52.1. The monoisotopic (exact) mass is 637 g/mol. The molecule has 6 nitrogen and oxygen atoms in total. The molecule has 0 saturated carbocycles. The van der Waals surface area contributed by atoms with E-state index in [2.05, 4.69) is 123 Å². The number of nitrogens with zero attached hydrogens (tertiary/aromatic N) is 3. The zero-order valence-electron chi connectivity index (χ0n) is 27.1. The normalized spacial score (nSPS) is 12.3.